The van der Waals surface area contributed by atoms with Crippen LogP contribution in [0, 0.1) is 0 Å². The predicted molar refractivity (Wildman–Crippen MR) is 110 cm³/mol. The number of aromatic nitrogens is 3. The van der Waals surface area contributed by atoms with Crippen LogP contribution in [0.5, 0.6) is 5.88 Å². The molecule has 1 aliphatic heterocycles. The van der Waals surface area contributed by atoms with E-state index in [4.69, 9.17) is 9.26 Å². The van der Waals surface area contributed by atoms with Crippen molar-refractivity contribution >= 4 is 17.0 Å². The van der Waals surface area contributed by atoms with Crippen LogP contribution in [0.3, 0.4) is 0 Å². The van der Waals surface area contributed by atoms with Gasteiger partial charge in [0.25, 0.3) is 11.6 Å². The minimum Gasteiger partial charge on any atom is -0.481 e. The van der Waals surface area contributed by atoms with E-state index in [1.165, 1.54) is 19.4 Å². The molecule has 0 spiro atoms. The number of pyridine rings is 2. The fourth-order valence-corrected chi connectivity index (χ4v) is 4.01. The van der Waals surface area contributed by atoms with Crippen molar-refractivity contribution in [1.82, 2.24) is 20.0 Å². The van der Waals surface area contributed by atoms with Gasteiger partial charge in [-0.25, -0.2) is 9.97 Å². The molecule has 0 N–H and O–H groups in total. The summed E-state index contributed by atoms with van der Waals surface area (Å²) in [5.74, 6) is -0.520. The Balaban J connectivity index is 1.69. The van der Waals surface area contributed by atoms with E-state index in [1.54, 1.807) is 24.8 Å². The second-order valence-corrected chi connectivity index (χ2v) is 8.17. The first-order valence-electron chi connectivity index (χ1n) is 10.4. The number of methoxy groups -OCH3 is 1. The highest BCUT2D eigenvalue weighted by Gasteiger charge is 2.38. The molecule has 170 valence electrons. The third kappa shape index (κ3) is 4.13. The Bertz CT molecular complexity index is 1140. The van der Waals surface area contributed by atoms with E-state index in [0.29, 0.717) is 36.5 Å². The lowest BCUT2D eigenvalue weighted by Crippen LogP contribution is -2.39. The van der Waals surface area contributed by atoms with Gasteiger partial charge < -0.3 is 14.2 Å². The third-order valence-corrected chi connectivity index (χ3v) is 5.68. The summed E-state index contributed by atoms with van der Waals surface area (Å²) in [6, 6.07) is 4.19. The van der Waals surface area contributed by atoms with Gasteiger partial charge in [-0.3, -0.25) is 4.79 Å². The maximum absolute atomic E-state index is 13.9. The fourth-order valence-electron chi connectivity index (χ4n) is 4.01. The molecular weight excluding hydrogens is 425 g/mol. The van der Waals surface area contributed by atoms with Crippen molar-refractivity contribution < 1.29 is 27.2 Å². The lowest BCUT2D eigenvalue weighted by atomic mass is 9.91. The standard InChI is InChI=1S/C22H23F3N4O3/c1-12(2)16-10-15(22(23,24)25)18-19(28-32-20(18)27-16)14-5-4-8-29(11-14)21(30)13-6-7-26-17(9-13)31-3/h6-7,9-10,12,14H,4-5,8,11H2,1-3H3/t14-/m0/s1. The number of carbonyl (C=O) groups is 1. The van der Waals surface area contributed by atoms with Crippen LogP contribution >= 0.6 is 0 Å². The number of rotatable bonds is 4. The van der Waals surface area contributed by atoms with E-state index in [0.717, 1.165) is 6.07 Å². The molecule has 3 aromatic heterocycles. The van der Waals surface area contributed by atoms with Gasteiger partial charge in [0, 0.05) is 42.5 Å². The Kier molecular flexibility index (Phi) is 5.79. The van der Waals surface area contributed by atoms with Crippen molar-refractivity contribution in [1.29, 1.82) is 0 Å². The largest absolute Gasteiger partial charge is 0.481 e. The van der Waals surface area contributed by atoms with Gasteiger partial charge >= 0.3 is 6.18 Å². The smallest absolute Gasteiger partial charge is 0.417 e. The Morgan fingerprint density at radius 1 is 1.31 bits per heavy atom. The summed E-state index contributed by atoms with van der Waals surface area (Å²) in [6.07, 6.45) is -1.88. The van der Waals surface area contributed by atoms with Crippen molar-refractivity contribution in [2.75, 3.05) is 20.2 Å². The fraction of sp³-hybridized carbons (Fsp3) is 0.455. The van der Waals surface area contributed by atoms with Gasteiger partial charge in [-0.15, -0.1) is 0 Å². The summed E-state index contributed by atoms with van der Waals surface area (Å²) in [5.41, 5.74) is -0.0353. The number of halogens is 3. The first-order valence-corrected chi connectivity index (χ1v) is 10.4. The molecule has 0 unspecified atom stereocenters. The summed E-state index contributed by atoms with van der Waals surface area (Å²) in [5, 5.41) is 3.86. The van der Waals surface area contributed by atoms with Gasteiger partial charge in [-0.05, 0) is 30.9 Å². The van der Waals surface area contributed by atoms with Crippen LogP contribution in [-0.4, -0.2) is 46.1 Å². The van der Waals surface area contributed by atoms with Crippen LogP contribution in [0.4, 0.5) is 13.2 Å². The SMILES string of the molecule is COc1cc(C(=O)N2CCC[C@H](c3noc4nc(C(C)C)cc(C(F)(F)F)c34)C2)ccn1. The lowest BCUT2D eigenvalue weighted by Gasteiger charge is -2.32. The van der Waals surface area contributed by atoms with E-state index < -0.39 is 17.7 Å². The van der Waals surface area contributed by atoms with Crippen LogP contribution in [0.15, 0.2) is 28.9 Å². The van der Waals surface area contributed by atoms with E-state index in [2.05, 4.69) is 15.1 Å². The molecule has 3 aromatic rings. The number of hydrogen-bond acceptors (Lipinski definition) is 6. The summed E-state index contributed by atoms with van der Waals surface area (Å²) >= 11 is 0. The van der Waals surface area contributed by atoms with Crippen molar-refractivity contribution in [2.45, 2.75) is 44.7 Å². The topological polar surface area (TPSA) is 81.4 Å². The summed E-state index contributed by atoms with van der Waals surface area (Å²) in [4.78, 5) is 22.9. The van der Waals surface area contributed by atoms with Crippen LogP contribution < -0.4 is 4.74 Å². The maximum atomic E-state index is 13.9. The molecule has 7 nitrogen and oxygen atoms in total. The zero-order valence-electron chi connectivity index (χ0n) is 17.9. The summed E-state index contributed by atoms with van der Waals surface area (Å²) < 4.78 is 52.0. The molecule has 1 atom stereocenters. The minimum atomic E-state index is -4.58. The van der Waals surface area contributed by atoms with E-state index in [9.17, 15) is 18.0 Å². The predicted octanol–water partition coefficient (Wildman–Crippen LogP) is 4.79. The van der Waals surface area contributed by atoms with Crippen LogP contribution in [0.1, 0.15) is 65.8 Å². The second kappa shape index (κ2) is 8.40. The Hall–Kier alpha value is -3.17. The van der Waals surface area contributed by atoms with Gasteiger partial charge in [-0.2, -0.15) is 13.2 Å². The van der Waals surface area contributed by atoms with Gasteiger partial charge in [0.1, 0.15) is 0 Å². The number of piperidine rings is 1. The number of nitrogens with zero attached hydrogens (tertiary/aromatic N) is 4. The number of likely N-dealkylation sites (tertiary alicyclic amines) is 1. The van der Waals surface area contributed by atoms with Crippen molar-refractivity contribution in [2.24, 2.45) is 0 Å². The monoisotopic (exact) mass is 448 g/mol. The zero-order valence-corrected chi connectivity index (χ0v) is 17.9. The Morgan fingerprint density at radius 2 is 2.09 bits per heavy atom. The molecule has 0 aliphatic carbocycles. The highest BCUT2D eigenvalue weighted by molar-refractivity contribution is 5.94. The van der Waals surface area contributed by atoms with Gasteiger partial charge in [0.2, 0.25) is 5.88 Å². The molecule has 0 radical (unpaired) electrons. The number of carbonyl (C=O) groups excluding carboxylic acids is 1. The molecule has 1 amide bonds. The molecule has 0 aromatic carbocycles. The molecule has 0 saturated carbocycles. The van der Waals surface area contributed by atoms with E-state index in [1.807, 2.05) is 0 Å². The first kappa shape index (κ1) is 22.0. The summed E-state index contributed by atoms with van der Waals surface area (Å²) in [6.45, 7) is 4.26. The van der Waals surface area contributed by atoms with Crippen LogP contribution in [-0.2, 0) is 6.18 Å². The Labute approximate surface area is 182 Å². The maximum Gasteiger partial charge on any atom is 0.417 e. The van der Waals surface area contributed by atoms with Gasteiger partial charge in [-0.1, -0.05) is 19.0 Å². The van der Waals surface area contributed by atoms with E-state index >= 15 is 0 Å². The van der Waals surface area contributed by atoms with Gasteiger partial charge in [0.15, 0.2) is 0 Å². The highest BCUT2D eigenvalue weighted by Crippen LogP contribution is 2.40. The zero-order chi connectivity index (χ0) is 23.0. The quantitative estimate of drug-likeness (QED) is 0.571. The number of amides is 1. The van der Waals surface area contributed by atoms with Crippen LogP contribution in [0.25, 0.3) is 11.1 Å². The Morgan fingerprint density at radius 3 is 2.78 bits per heavy atom. The molecule has 4 rings (SSSR count). The molecule has 1 fully saturated rings. The molecule has 1 saturated heterocycles. The lowest BCUT2D eigenvalue weighted by molar-refractivity contribution is -0.136. The van der Waals surface area contributed by atoms with Gasteiger partial charge in [0.05, 0.1) is 23.8 Å². The van der Waals surface area contributed by atoms with Crippen molar-refractivity contribution in [3.05, 3.63) is 46.9 Å². The van der Waals surface area contributed by atoms with Crippen molar-refractivity contribution in [3.63, 3.8) is 0 Å². The molecule has 1 aliphatic rings. The second-order valence-electron chi connectivity index (χ2n) is 8.17. The average Bonchev–Trinajstić information content (AvgIpc) is 3.21. The van der Waals surface area contributed by atoms with Crippen molar-refractivity contribution in [3.8, 4) is 5.88 Å². The van der Waals surface area contributed by atoms with Crippen LogP contribution in [0.2, 0.25) is 0 Å². The number of fused-ring (bicyclic) bond motifs is 1. The molecule has 0 bridgehead atoms. The first-order chi connectivity index (χ1) is 15.2. The summed E-state index contributed by atoms with van der Waals surface area (Å²) in [7, 11) is 1.46. The normalized spacial score (nSPS) is 17.2. The molecule has 32 heavy (non-hydrogen) atoms. The number of alkyl halides is 3. The molecule has 10 heteroatoms. The molecule has 4 heterocycles. The molecular formula is C22H23F3N4O3. The third-order valence-electron chi connectivity index (χ3n) is 5.68. The number of ether oxygens (including phenoxy) is 1. The van der Waals surface area contributed by atoms with E-state index in [-0.39, 0.29) is 35.2 Å². The number of hydrogen-bond donors (Lipinski definition) is 0. The highest BCUT2D eigenvalue weighted by atomic mass is 19.4. The average molecular weight is 448 g/mol. The minimum absolute atomic E-state index is 0.119.